The van der Waals surface area contributed by atoms with Gasteiger partial charge in [0.2, 0.25) is 0 Å². The number of likely N-dealkylation sites (N-methyl/N-ethyl adjacent to an activating group) is 1. The van der Waals surface area contributed by atoms with Crippen LogP contribution in [-0.2, 0) is 6.42 Å². The third kappa shape index (κ3) is 3.36. The Morgan fingerprint density at radius 1 is 1.21 bits per heavy atom. The van der Waals surface area contributed by atoms with Gasteiger partial charge >= 0.3 is 0 Å². The number of thiophene rings is 1. The Balaban J connectivity index is 2.28. The van der Waals surface area contributed by atoms with Gasteiger partial charge in [-0.2, -0.15) is 0 Å². The molecular formula is C14H14F3NS. The van der Waals surface area contributed by atoms with Crippen LogP contribution in [0.2, 0.25) is 0 Å². The molecule has 1 aromatic carbocycles. The molecule has 1 heterocycles. The van der Waals surface area contributed by atoms with Crippen LogP contribution in [0.5, 0.6) is 0 Å². The minimum atomic E-state index is -1.42. The molecule has 0 saturated carbocycles. The minimum absolute atomic E-state index is 0.228. The first kappa shape index (κ1) is 14.1. The van der Waals surface area contributed by atoms with Gasteiger partial charge in [-0.05, 0) is 35.7 Å². The zero-order chi connectivity index (χ0) is 13.8. The molecular weight excluding hydrogens is 271 g/mol. The van der Waals surface area contributed by atoms with E-state index in [0.717, 1.165) is 17.0 Å². The molecule has 0 aliphatic rings. The van der Waals surface area contributed by atoms with Crippen molar-refractivity contribution in [1.29, 1.82) is 0 Å². The highest BCUT2D eigenvalue weighted by Gasteiger charge is 2.17. The summed E-state index contributed by atoms with van der Waals surface area (Å²) in [6, 6.07) is 5.77. The Kier molecular flexibility index (Phi) is 4.61. The molecule has 5 heteroatoms. The number of hydrogen-bond acceptors (Lipinski definition) is 2. The third-order valence-electron chi connectivity index (χ3n) is 2.84. The monoisotopic (exact) mass is 285 g/mol. The summed E-state index contributed by atoms with van der Waals surface area (Å²) < 4.78 is 39.5. The number of benzene rings is 1. The van der Waals surface area contributed by atoms with Gasteiger partial charge in [-0.3, -0.25) is 0 Å². The molecule has 19 heavy (non-hydrogen) atoms. The molecule has 1 atom stereocenters. The summed E-state index contributed by atoms with van der Waals surface area (Å²) >= 11 is 1.58. The van der Waals surface area contributed by atoms with Crippen LogP contribution in [0, 0.1) is 17.5 Å². The van der Waals surface area contributed by atoms with E-state index in [1.54, 1.807) is 11.3 Å². The van der Waals surface area contributed by atoms with Crippen molar-refractivity contribution < 1.29 is 13.2 Å². The van der Waals surface area contributed by atoms with Crippen LogP contribution in [-0.4, -0.2) is 6.54 Å². The van der Waals surface area contributed by atoms with E-state index in [1.165, 1.54) is 0 Å². The summed E-state index contributed by atoms with van der Waals surface area (Å²) in [6.07, 6.45) is 0.621. The van der Waals surface area contributed by atoms with Crippen molar-refractivity contribution in [3.05, 3.63) is 57.5 Å². The zero-order valence-electron chi connectivity index (χ0n) is 10.4. The predicted molar refractivity (Wildman–Crippen MR) is 70.8 cm³/mol. The van der Waals surface area contributed by atoms with Gasteiger partial charge in [0.1, 0.15) is 0 Å². The normalized spacial score (nSPS) is 12.6. The largest absolute Gasteiger partial charge is 0.310 e. The lowest BCUT2D eigenvalue weighted by Crippen LogP contribution is -2.23. The molecule has 0 aliphatic heterocycles. The average molecular weight is 285 g/mol. The Labute approximate surface area is 114 Å². The molecule has 1 N–H and O–H groups in total. The molecule has 1 unspecified atom stereocenters. The van der Waals surface area contributed by atoms with Crippen LogP contribution in [0.15, 0.2) is 29.6 Å². The van der Waals surface area contributed by atoms with Gasteiger partial charge in [0.15, 0.2) is 17.5 Å². The van der Waals surface area contributed by atoms with Crippen molar-refractivity contribution in [2.75, 3.05) is 6.54 Å². The number of nitrogens with one attached hydrogen (secondary N) is 1. The van der Waals surface area contributed by atoms with Crippen molar-refractivity contribution in [3.8, 4) is 0 Å². The topological polar surface area (TPSA) is 12.0 Å². The molecule has 0 bridgehead atoms. The lowest BCUT2D eigenvalue weighted by molar-refractivity contribution is 0.439. The Morgan fingerprint density at radius 3 is 2.42 bits per heavy atom. The molecule has 2 aromatic rings. The van der Waals surface area contributed by atoms with Crippen LogP contribution in [0.25, 0.3) is 0 Å². The molecule has 102 valence electrons. The number of halogens is 3. The molecule has 1 nitrogen and oxygen atoms in total. The maximum atomic E-state index is 13.3. The first-order valence-corrected chi connectivity index (χ1v) is 6.90. The van der Waals surface area contributed by atoms with Crippen LogP contribution in [0.3, 0.4) is 0 Å². The van der Waals surface area contributed by atoms with Gasteiger partial charge < -0.3 is 5.32 Å². The van der Waals surface area contributed by atoms with Crippen molar-refractivity contribution >= 4 is 11.3 Å². The van der Waals surface area contributed by atoms with Gasteiger partial charge in [0.05, 0.1) is 0 Å². The Morgan fingerprint density at radius 2 is 1.89 bits per heavy atom. The lowest BCUT2D eigenvalue weighted by atomic mass is 10.0. The number of hydrogen-bond donors (Lipinski definition) is 1. The lowest BCUT2D eigenvalue weighted by Gasteiger charge is -2.18. The van der Waals surface area contributed by atoms with Gasteiger partial charge in [-0.25, -0.2) is 13.2 Å². The maximum Gasteiger partial charge on any atom is 0.194 e. The van der Waals surface area contributed by atoms with E-state index in [0.29, 0.717) is 18.5 Å². The highest BCUT2D eigenvalue weighted by molar-refractivity contribution is 7.09. The van der Waals surface area contributed by atoms with E-state index < -0.39 is 17.5 Å². The minimum Gasteiger partial charge on any atom is -0.310 e. The van der Waals surface area contributed by atoms with Gasteiger partial charge in [0.25, 0.3) is 0 Å². The van der Waals surface area contributed by atoms with E-state index in [1.807, 2.05) is 24.4 Å². The van der Waals surface area contributed by atoms with Gasteiger partial charge in [0, 0.05) is 17.3 Å². The molecule has 0 radical (unpaired) electrons. The molecule has 0 aliphatic carbocycles. The highest BCUT2D eigenvalue weighted by atomic mass is 32.1. The summed E-state index contributed by atoms with van der Waals surface area (Å²) in [6.45, 7) is 2.58. The summed E-state index contributed by atoms with van der Waals surface area (Å²) in [5.41, 5.74) is 0.423. The Bertz CT molecular complexity index is 517. The molecule has 0 saturated heterocycles. The van der Waals surface area contributed by atoms with E-state index in [2.05, 4.69) is 5.32 Å². The van der Waals surface area contributed by atoms with Crippen LogP contribution in [0.1, 0.15) is 23.4 Å². The summed E-state index contributed by atoms with van der Waals surface area (Å²) in [5.74, 6) is -3.72. The second-order valence-corrected chi connectivity index (χ2v) is 5.22. The standard InChI is InChI=1S/C14H14F3NS/c1-2-18-13(8-10-4-3-5-19-10)9-6-11(15)14(17)12(16)7-9/h3-7,13,18H,2,8H2,1H3. The van der Waals surface area contributed by atoms with E-state index in [9.17, 15) is 13.2 Å². The molecule has 2 rings (SSSR count). The predicted octanol–water partition coefficient (Wildman–Crippen LogP) is 4.06. The smallest absolute Gasteiger partial charge is 0.194 e. The summed E-state index contributed by atoms with van der Waals surface area (Å²) in [5, 5.41) is 5.11. The fourth-order valence-corrected chi connectivity index (χ4v) is 2.71. The first-order valence-electron chi connectivity index (χ1n) is 6.02. The molecule has 0 amide bonds. The van der Waals surface area contributed by atoms with Gasteiger partial charge in [-0.1, -0.05) is 13.0 Å². The fraction of sp³-hybridized carbons (Fsp3) is 0.286. The van der Waals surface area contributed by atoms with Crippen molar-refractivity contribution in [2.24, 2.45) is 0 Å². The first-order chi connectivity index (χ1) is 9.11. The summed E-state index contributed by atoms with van der Waals surface area (Å²) in [7, 11) is 0. The SMILES string of the molecule is CCNC(Cc1cccs1)c1cc(F)c(F)c(F)c1. The number of rotatable bonds is 5. The zero-order valence-corrected chi connectivity index (χ0v) is 11.2. The van der Waals surface area contributed by atoms with E-state index in [-0.39, 0.29) is 6.04 Å². The van der Waals surface area contributed by atoms with Crippen molar-refractivity contribution in [2.45, 2.75) is 19.4 Å². The average Bonchev–Trinajstić information content (AvgIpc) is 2.88. The van der Waals surface area contributed by atoms with E-state index in [4.69, 9.17) is 0 Å². The maximum absolute atomic E-state index is 13.3. The molecule has 0 fully saturated rings. The molecule has 0 spiro atoms. The third-order valence-corrected chi connectivity index (χ3v) is 3.74. The van der Waals surface area contributed by atoms with Crippen LogP contribution < -0.4 is 5.32 Å². The van der Waals surface area contributed by atoms with Crippen molar-refractivity contribution in [1.82, 2.24) is 5.32 Å². The Hall–Kier alpha value is -1.33. The van der Waals surface area contributed by atoms with Crippen molar-refractivity contribution in [3.63, 3.8) is 0 Å². The molecule has 1 aromatic heterocycles. The summed E-state index contributed by atoms with van der Waals surface area (Å²) in [4.78, 5) is 1.11. The highest BCUT2D eigenvalue weighted by Crippen LogP contribution is 2.24. The quantitative estimate of drug-likeness (QED) is 0.817. The van der Waals surface area contributed by atoms with E-state index >= 15 is 0 Å². The second kappa shape index (κ2) is 6.21. The van der Waals surface area contributed by atoms with Crippen LogP contribution >= 0.6 is 11.3 Å². The van der Waals surface area contributed by atoms with Gasteiger partial charge in [-0.15, -0.1) is 11.3 Å². The fourth-order valence-electron chi connectivity index (χ4n) is 1.96. The second-order valence-electron chi connectivity index (χ2n) is 4.19. The van der Waals surface area contributed by atoms with Crippen LogP contribution in [0.4, 0.5) is 13.2 Å².